The van der Waals surface area contributed by atoms with Crippen LogP contribution in [0.2, 0.25) is 26.6 Å². The fourth-order valence-electron chi connectivity index (χ4n) is 13.4. The molecule has 498 valence electrons. The van der Waals surface area contributed by atoms with Gasteiger partial charge >= 0.3 is 525 Å². The van der Waals surface area contributed by atoms with Gasteiger partial charge in [0.1, 0.15) is 0 Å². The molecule has 0 aromatic heterocycles. The average molecular weight is 1390 g/mol. The number of hydrogen-bond donors (Lipinski definition) is 0. The molecule has 0 aliphatic carbocycles. The van der Waals surface area contributed by atoms with E-state index >= 15 is 0 Å². The van der Waals surface area contributed by atoms with Gasteiger partial charge in [0.2, 0.25) is 0 Å². The van der Waals surface area contributed by atoms with Crippen LogP contribution in [0.5, 0.6) is 0 Å². The van der Waals surface area contributed by atoms with Crippen molar-refractivity contribution in [3.05, 3.63) is 30.3 Å². The fourth-order valence-corrected chi connectivity index (χ4v) is 37.1. The van der Waals surface area contributed by atoms with Crippen LogP contribution in [0.15, 0.2) is 30.3 Å². The Morgan fingerprint density at radius 1 is 0.274 bits per heavy atom. The molecule has 1 aromatic carbocycles. The molecule has 0 spiro atoms. The number of aliphatic carboxylic acids is 1. The van der Waals surface area contributed by atoms with Crippen LogP contribution in [-0.2, 0) is 4.79 Å². The maximum absolute atomic E-state index is 8.89. The molecule has 0 N–H and O–H groups in total. The molecule has 0 saturated heterocycles. The first-order chi connectivity index (χ1) is 41.4. The van der Waals surface area contributed by atoms with Crippen LogP contribution in [0, 0.1) is 0 Å². The van der Waals surface area contributed by atoms with Crippen LogP contribution in [0.1, 0.15) is 434 Å². The van der Waals surface area contributed by atoms with E-state index in [-0.39, 0.29) is 0 Å². The first kappa shape index (κ1) is 86.3. The number of carbonyl (C=O) groups excluding carboxylic acids is 1. The number of unbranched alkanes of at least 4 members (excludes halogenated alkanes) is 54. The zero-order chi connectivity index (χ0) is 61.4. The molecule has 0 aliphatic rings. The van der Waals surface area contributed by atoms with Crippen molar-refractivity contribution in [2.45, 2.75) is 460 Å². The third-order valence-corrected chi connectivity index (χ3v) is 43.8. The Balaban J connectivity index is 0. The van der Waals surface area contributed by atoms with Gasteiger partial charge in [-0.25, -0.2) is 0 Å². The number of carboxylic acid groups (broad SMARTS) is 1. The summed E-state index contributed by atoms with van der Waals surface area (Å²) in [5.74, 6) is -1.08. The summed E-state index contributed by atoms with van der Waals surface area (Å²) in [7, 11) is 0. The quantitative estimate of drug-likeness (QED) is 0.0482. The Hall–Kier alpha value is 0.287. The average Bonchev–Trinajstić information content (AvgIpc) is 2.94. The molecule has 0 aliphatic heterocycles. The Bertz CT molecular complexity index is 1200. The molecule has 1 rings (SSSR count). The summed E-state index contributed by atoms with van der Waals surface area (Å²) >= 11 is -3.49. The molecule has 0 fully saturated rings. The first-order valence-electron chi connectivity index (χ1n) is 39.4. The van der Waals surface area contributed by atoms with E-state index in [4.69, 9.17) is 9.90 Å². The van der Waals surface area contributed by atoms with E-state index in [2.05, 4.69) is 71.9 Å². The van der Waals surface area contributed by atoms with Crippen molar-refractivity contribution >= 4 is 47.7 Å². The minimum atomic E-state index is -2.40. The topological polar surface area (TPSA) is 40.1 Å². The molecule has 84 heavy (non-hydrogen) atoms. The Morgan fingerprint density at radius 2 is 0.429 bits per heavy atom. The normalized spacial score (nSPS) is 11.4. The van der Waals surface area contributed by atoms with E-state index in [1.54, 1.807) is 65.1 Å². The van der Waals surface area contributed by atoms with E-state index in [0.29, 0.717) is 0 Å². The van der Waals surface area contributed by atoms with Gasteiger partial charge in [-0.1, -0.05) is 0 Å². The van der Waals surface area contributed by atoms with Gasteiger partial charge in [-0.15, -0.1) is 0 Å². The second kappa shape index (κ2) is 75.7. The summed E-state index contributed by atoms with van der Waals surface area (Å²) in [5, 5.41) is 8.89. The van der Waals surface area contributed by atoms with Crippen LogP contribution >= 0.6 is 0 Å². The van der Waals surface area contributed by atoms with Gasteiger partial charge < -0.3 is 9.90 Å². The van der Waals surface area contributed by atoms with Crippen molar-refractivity contribution in [3.63, 3.8) is 0 Å². The number of carboxylic acids is 1. The van der Waals surface area contributed by atoms with Gasteiger partial charge in [0, 0.05) is 5.97 Å². The Kier molecular flexibility index (Phi) is 77.9. The van der Waals surface area contributed by atoms with Crippen LogP contribution in [0.25, 0.3) is 0 Å². The molecular weight excluding hydrogens is 1230 g/mol. The van der Waals surface area contributed by atoms with Crippen molar-refractivity contribution in [2.24, 2.45) is 0 Å². The molecule has 0 heterocycles. The molecule has 0 atom stereocenters. The van der Waals surface area contributed by atoms with E-state index in [0.717, 1.165) is 6.92 Å². The van der Waals surface area contributed by atoms with Crippen molar-refractivity contribution in [3.8, 4) is 0 Å². The fraction of sp³-hybridized carbons (Fsp3) is 0.912. The summed E-state index contributed by atoms with van der Waals surface area (Å²) in [6.07, 6.45) is 89.0. The van der Waals surface area contributed by atoms with E-state index < -0.39 is 44.1 Å². The zero-order valence-corrected chi connectivity index (χ0v) is 65.1. The van der Waals surface area contributed by atoms with E-state index in [1.165, 1.54) is 347 Å². The second-order valence-electron chi connectivity index (χ2n) is 27.5. The van der Waals surface area contributed by atoms with Crippen LogP contribution in [0.3, 0.4) is 0 Å². The van der Waals surface area contributed by atoms with Gasteiger partial charge in [-0.3, -0.25) is 0 Å². The van der Waals surface area contributed by atoms with Crippen molar-refractivity contribution < 1.29 is 9.90 Å². The van der Waals surface area contributed by atoms with Crippen LogP contribution < -0.4 is 8.69 Å². The van der Waals surface area contributed by atoms with Gasteiger partial charge in [0.15, 0.2) is 0 Å². The minimum absolute atomic E-state index is 0.972. The summed E-state index contributed by atoms with van der Waals surface area (Å²) in [6.45, 7) is 14.9. The standard InChI is InChI=1S/6C12H25.C6H5.C2H4O2.2Sn/c6*1-3-5-7-9-11-12-10-8-6-4-2;1-2-4-6-5-3-1;1-2(3)4;;/h6*1,3-12H2,2H3;1-5H;1H3,(H,3,4);;/q;;;;;;;;;+1/p-1. The number of benzene rings is 1. The van der Waals surface area contributed by atoms with Crippen molar-refractivity contribution in [1.82, 2.24) is 0 Å². The molecular formula is C80H158O2Sn2. The van der Waals surface area contributed by atoms with Crippen LogP contribution in [0.4, 0.5) is 0 Å². The summed E-state index contributed by atoms with van der Waals surface area (Å²) < 4.78 is 12.0. The Labute approximate surface area is 544 Å². The third kappa shape index (κ3) is 68.2. The van der Waals surface area contributed by atoms with Crippen LogP contribution in [-0.4, -0.2) is 44.1 Å². The van der Waals surface area contributed by atoms with Gasteiger partial charge in [-0.2, -0.15) is 0 Å². The summed E-state index contributed by atoms with van der Waals surface area (Å²) in [5.41, 5.74) is 0. The molecule has 0 saturated carbocycles. The predicted molar refractivity (Wildman–Crippen MR) is 388 cm³/mol. The van der Waals surface area contributed by atoms with E-state index in [1.807, 2.05) is 3.58 Å². The SMILES string of the molecule is CC(=O)[O-].CCCCCCCCCCC[CH2][Sn+]([CH2]CCCCCCCCCCC)[CH2]CCCCCCCCCCC.CCCCCCCCCCC[CH2][Sn]([CH2]CCCCCCCCCCC)([CH2]CCCCCCCCCCC)[c]1ccccc1. The van der Waals surface area contributed by atoms with E-state index in [9.17, 15) is 0 Å². The molecule has 4 heteroatoms. The first-order valence-corrected chi connectivity index (χ1v) is 53.0. The monoisotopic (exact) mass is 1390 g/mol. The van der Waals surface area contributed by atoms with Crippen molar-refractivity contribution in [2.75, 3.05) is 0 Å². The molecule has 0 bridgehead atoms. The molecule has 2 nitrogen and oxygen atoms in total. The summed E-state index contributed by atoms with van der Waals surface area (Å²) in [4.78, 5) is 8.89. The number of carbonyl (C=O) groups is 1. The number of rotatable bonds is 67. The molecule has 0 radical (unpaired) electrons. The van der Waals surface area contributed by atoms with Gasteiger partial charge in [0.25, 0.3) is 0 Å². The second-order valence-corrected chi connectivity index (χ2v) is 49.3. The van der Waals surface area contributed by atoms with Crippen molar-refractivity contribution in [1.29, 1.82) is 0 Å². The Morgan fingerprint density at radius 3 is 0.607 bits per heavy atom. The predicted octanol–water partition coefficient (Wildman–Crippen LogP) is 28.1. The molecule has 1 aromatic rings. The third-order valence-electron chi connectivity index (χ3n) is 19.1. The zero-order valence-electron chi connectivity index (χ0n) is 59.4. The van der Waals surface area contributed by atoms with Gasteiger partial charge in [-0.05, 0) is 6.92 Å². The summed E-state index contributed by atoms with van der Waals surface area (Å²) in [6, 6.07) is 12.2. The molecule has 0 amide bonds. The maximum atomic E-state index is 8.89. The molecule has 0 unspecified atom stereocenters. The van der Waals surface area contributed by atoms with Gasteiger partial charge in [0.05, 0.1) is 0 Å². The number of hydrogen-bond acceptors (Lipinski definition) is 2.